The molecule has 1 heterocycles. The molecule has 1 amide bonds. The van der Waals surface area contributed by atoms with Crippen molar-refractivity contribution in [1.29, 1.82) is 0 Å². The van der Waals surface area contributed by atoms with Gasteiger partial charge in [-0.05, 0) is 24.5 Å². The van der Waals surface area contributed by atoms with E-state index in [2.05, 4.69) is 23.4 Å². The Morgan fingerprint density at radius 1 is 1.50 bits per heavy atom. The zero-order valence-electron chi connectivity index (χ0n) is 10.6. The average Bonchev–Trinajstić information content (AvgIpc) is 2.43. The Morgan fingerprint density at radius 2 is 2.22 bits per heavy atom. The number of fused-ring (bicyclic) bond motifs is 1. The number of hydrogen-bond acceptors (Lipinski definition) is 2. The molecular formula is C15H18N2O. The van der Waals surface area contributed by atoms with Gasteiger partial charge in [0.05, 0.1) is 12.6 Å². The maximum atomic E-state index is 12.3. The molecule has 94 valence electrons. The Hall–Kier alpha value is -1.79. The van der Waals surface area contributed by atoms with Crippen LogP contribution in [0.15, 0.2) is 24.3 Å². The van der Waals surface area contributed by atoms with Crippen LogP contribution in [-0.2, 0) is 17.8 Å². The van der Waals surface area contributed by atoms with Gasteiger partial charge in [-0.1, -0.05) is 30.2 Å². The number of likely N-dealkylation sites (N-methyl/N-ethyl adjacent to an activating group) is 1. The van der Waals surface area contributed by atoms with E-state index in [1.807, 2.05) is 19.1 Å². The van der Waals surface area contributed by atoms with Gasteiger partial charge in [-0.3, -0.25) is 4.79 Å². The predicted molar refractivity (Wildman–Crippen MR) is 71.9 cm³/mol. The van der Waals surface area contributed by atoms with Gasteiger partial charge in [0.25, 0.3) is 0 Å². The van der Waals surface area contributed by atoms with Gasteiger partial charge in [0.15, 0.2) is 0 Å². The summed E-state index contributed by atoms with van der Waals surface area (Å²) in [7, 11) is 0. The molecule has 0 bridgehead atoms. The molecule has 0 unspecified atom stereocenters. The summed E-state index contributed by atoms with van der Waals surface area (Å²) >= 11 is 0. The summed E-state index contributed by atoms with van der Waals surface area (Å²) in [6, 6.07) is 8.09. The van der Waals surface area contributed by atoms with Crippen molar-refractivity contribution in [1.82, 2.24) is 10.2 Å². The second kappa shape index (κ2) is 5.70. The van der Waals surface area contributed by atoms with Crippen LogP contribution in [0.4, 0.5) is 0 Å². The highest BCUT2D eigenvalue weighted by atomic mass is 16.2. The van der Waals surface area contributed by atoms with Gasteiger partial charge in [0.1, 0.15) is 0 Å². The zero-order chi connectivity index (χ0) is 13.0. The maximum Gasteiger partial charge on any atom is 0.240 e. The first-order valence-electron chi connectivity index (χ1n) is 6.28. The molecular weight excluding hydrogens is 224 g/mol. The Labute approximate surface area is 108 Å². The molecule has 3 nitrogen and oxygen atoms in total. The molecule has 0 saturated heterocycles. The fourth-order valence-corrected chi connectivity index (χ4v) is 2.31. The number of carbonyl (C=O) groups is 1. The molecule has 1 aromatic carbocycles. The van der Waals surface area contributed by atoms with E-state index in [1.54, 1.807) is 4.90 Å². The predicted octanol–water partition coefficient (Wildman–Crippen LogP) is 1.18. The van der Waals surface area contributed by atoms with E-state index in [9.17, 15) is 4.79 Å². The summed E-state index contributed by atoms with van der Waals surface area (Å²) in [5, 5.41) is 3.29. The SMILES string of the molecule is C#CCN(CC)C(=O)[C@H]1Cc2ccccc2CN1. The largest absolute Gasteiger partial charge is 0.330 e. The Morgan fingerprint density at radius 3 is 2.89 bits per heavy atom. The van der Waals surface area contributed by atoms with Crippen LogP contribution < -0.4 is 5.32 Å². The van der Waals surface area contributed by atoms with E-state index in [1.165, 1.54) is 11.1 Å². The van der Waals surface area contributed by atoms with Crippen molar-refractivity contribution in [3.63, 3.8) is 0 Å². The van der Waals surface area contributed by atoms with Crippen LogP contribution in [0.2, 0.25) is 0 Å². The van der Waals surface area contributed by atoms with Crippen molar-refractivity contribution in [2.24, 2.45) is 0 Å². The zero-order valence-corrected chi connectivity index (χ0v) is 10.6. The van der Waals surface area contributed by atoms with E-state index in [-0.39, 0.29) is 11.9 Å². The summed E-state index contributed by atoms with van der Waals surface area (Å²) in [6.07, 6.45) is 6.03. The molecule has 1 aliphatic heterocycles. The van der Waals surface area contributed by atoms with Crippen LogP contribution in [0.25, 0.3) is 0 Å². The van der Waals surface area contributed by atoms with E-state index < -0.39 is 0 Å². The van der Waals surface area contributed by atoms with Crippen LogP contribution in [0.3, 0.4) is 0 Å². The third-order valence-electron chi connectivity index (χ3n) is 3.35. The number of nitrogens with one attached hydrogen (secondary N) is 1. The minimum absolute atomic E-state index is 0.102. The lowest BCUT2D eigenvalue weighted by Crippen LogP contribution is -2.49. The molecule has 0 aromatic heterocycles. The molecule has 0 saturated carbocycles. The monoisotopic (exact) mass is 242 g/mol. The topological polar surface area (TPSA) is 32.3 Å². The molecule has 0 radical (unpaired) electrons. The van der Waals surface area contributed by atoms with E-state index in [0.717, 1.165) is 13.0 Å². The smallest absolute Gasteiger partial charge is 0.240 e. The molecule has 0 fully saturated rings. The first-order valence-corrected chi connectivity index (χ1v) is 6.28. The number of carbonyl (C=O) groups excluding carboxylic acids is 1. The fourth-order valence-electron chi connectivity index (χ4n) is 2.31. The first-order chi connectivity index (χ1) is 8.76. The molecule has 1 aliphatic rings. The minimum Gasteiger partial charge on any atom is -0.330 e. The second-order valence-electron chi connectivity index (χ2n) is 4.46. The third kappa shape index (κ3) is 2.55. The normalized spacial score (nSPS) is 17.7. The highest BCUT2D eigenvalue weighted by molar-refractivity contribution is 5.82. The number of benzene rings is 1. The number of terminal acetylenes is 1. The Balaban J connectivity index is 2.09. The lowest BCUT2D eigenvalue weighted by atomic mass is 9.95. The number of amides is 1. The van der Waals surface area contributed by atoms with Crippen molar-refractivity contribution >= 4 is 5.91 Å². The van der Waals surface area contributed by atoms with Crippen molar-refractivity contribution in [3.05, 3.63) is 35.4 Å². The molecule has 1 N–H and O–H groups in total. The van der Waals surface area contributed by atoms with Crippen LogP contribution >= 0.6 is 0 Å². The van der Waals surface area contributed by atoms with Crippen LogP contribution in [0.1, 0.15) is 18.1 Å². The standard InChI is InChI=1S/C15H18N2O/c1-3-9-17(4-2)15(18)14-10-12-7-5-6-8-13(12)11-16-14/h1,5-8,14,16H,4,9-11H2,2H3/t14-/m1/s1. The number of hydrogen-bond donors (Lipinski definition) is 1. The van der Waals surface area contributed by atoms with Crippen LogP contribution in [-0.4, -0.2) is 29.9 Å². The quantitative estimate of drug-likeness (QED) is 0.807. The summed E-state index contributed by atoms with van der Waals surface area (Å²) in [5.74, 6) is 2.64. The molecule has 0 spiro atoms. The van der Waals surface area contributed by atoms with E-state index in [0.29, 0.717) is 13.1 Å². The molecule has 1 atom stereocenters. The minimum atomic E-state index is -0.145. The van der Waals surface area contributed by atoms with Crippen molar-refractivity contribution < 1.29 is 4.79 Å². The van der Waals surface area contributed by atoms with Crippen LogP contribution in [0.5, 0.6) is 0 Å². The lowest BCUT2D eigenvalue weighted by molar-refractivity contribution is -0.132. The van der Waals surface area contributed by atoms with Crippen LogP contribution in [0, 0.1) is 12.3 Å². The Bertz CT molecular complexity index is 476. The third-order valence-corrected chi connectivity index (χ3v) is 3.35. The molecule has 18 heavy (non-hydrogen) atoms. The molecule has 0 aliphatic carbocycles. The van der Waals surface area contributed by atoms with Crippen molar-refractivity contribution in [2.75, 3.05) is 13.1 Å². The highest BCUT2D eigenvalue weighted by Gasteiger charge is 2.26. The van der Waals surface area contributed by atoms with Gasteiger partial charge in [-0.25, -0.2) is 0 Å². The average molecular weight is 242 g/mol. The van der Waals surface area contributed by atoms with Gasteiger partial charge in [0.2, 0.25) is 5.91 Å². The fraction of sp³-hybridized carbons (Fsp3) is 0.400. The van der Waals surface area contributed by atoms with Crippen molar-refractivity contribution in [2.45, 2.75) is 25.9 Å². The summed E-state index contributed by atoms with van der Waals surface area (Å²) < 4.78 is 0. The molecule has 2 rings (SSSR count). The first kappa shape index (κ1) is 12.7. The summed E-state index contributed by atoms with van der Waals surface area (Å²) in [6.45, 7) is 3.74. The lowest BCUT2D eigenvalue weighted by Gasteiger charge is -2.29. The van der Waals surface area contributed by atoms with Gasteiger partial charge in [-0.2, -0.15) is 0 Å². The summed E-state index contributed by atoms with van der Waals surface area (Å²) in [5.41, 5.74) is 2.54. The number of rotatable bonds is 3. The molecule has 3 heteroatoms. The summed E-state index contributed by atoms with van der Waals surface area (Å²) in [4.78, 5) is 14.0. The highest BCUT2D eigenvalue weighted by Crippen LogP contribution is 2.17. The van der Waals surface area contributed by atoms with Gasteiger partial charge < -0.3 is 10.2 Å². The van der Waals surface area contributed by atoms with E-state index >= 15 is 0 Å². The Kier molecular flexibility index (Phi) is 4.01. The number of nitrogens with zero attached hydrogens (tertiary/aromatic N) is 1. The molecule has 1 aromatic rings. The second-order valence-corrected chi connectivity index (χ2v) is 4.46. The van der Waals surface area contributed by atoms with Gasteiger partial charge >= 0.3 is 0 Å². The van der Waals surface area contributed by atoms with Gasteiger partial charge in [0, 0.05) is 13.1 Å². The van der Waals surface area contributed by atoms with E-state index in [4.69, 9.17) is 6.42 Å². The van der Waals surface area contributed by atoms with Gasteiger partial charge in [-0.15, -0.1) is 6.42 Å². The van der Waals surface area contributed by atoms with Crippen molar-refractivity contribution in [3.8, 4) is 12.3 Å². The maximum absolute atomic E-state index is 12.3.